The lowest BCUT2D eigenvalue weighted by Crippen LogP contribution is -2.08. The number of rotatable bonds is 8. The fraction of sp³-hybridized carbons (Fsp3) is 0.615. The third kappa shape index (κ3) is 4.48. The van der Waals surface area contributed by atoms with Gasteiger partial charge in [0.05, 0.1) is 4.92 Å². The number of hydrogen-bond donors (Lipinski definition) is 1. The number of aryl methyl sites for hydroxylation is 1. The van der Waals surface area contributed by atoms with Crippen LogP contribution in [0.15, 0.2) is 12.3 Å². The molecule has 1 saturated carbocycles. The average molecular weight is 265 g/mol. The molecular formula is C13H19N3O3. The molecule has 1 aliphatic rings. The van der Waals surface area contributed by atoms with E-state index in [4.69, 9.17) is 4.74 Å². The van der Waals surface area contributed by atoms with E-state index < -0.39 is 4.92 Å². The van der Waals surface area contributed by atoms with Gasteiger partial charge in [-0.05, 0) is 38.2 Å². The topological polar surface area (TPSA) is 77.3 Å². The van der Waals surface area contributed by atoms with Crippen LogP contribution >= 0.6 is 0 Å². The zero-order valence-corrected chi connectivity index (χ0v) is 11.1. The number of pyridine rings is 1. The van der Waals surface area contributed by atoms with Crippen LogP contribution in [-0.4, -0.2) is 29.7 Å². The molecule has 0 radical (unpaired) electrons. The van der Waals surface area contributed by atoms with Gasteiger partial charge in [-0.3, -0.25) is 10.1 Å². The predicted octanol–water partition coefficient (Wildman–Crippen LogP) is 2.53. The molecule has 19 heavy (non-hydrogen) atoms. The minimum absolute atomic E-state index is 0.0540. The zero-order valence-electron chi connectivity index (χ0n) is 11.1. The molecule has 0 saturated heterocycles. The summed E-state index contributed by atoms with van der Waals surface area (Å²) >= 11 is 0. The van der Waals surface area contributed by atoms with E-state index in [-0.39, 0.29) is 5.69 Å². The van der Waals surface area contributed by atoms with Crippen LogP contribution in [0.2, 0.25) is 0 Å². The first-order valence-corrected chi connectivity index (χ1v) is 6.59. The van der Waals surface area contributed by atoms with E-state index in [9.17, 15) is 10.1 Å². The summed E-state index contributed by atoms with van der Waals surface area (Å²) in [4.78, 5) is 14.3. The van der Waals surface area contributed by atoms with Crippen molar-refractivity contribution in [2.24, 2.45) is 5.92 Å². The Morgan fingerprint density at radius 1 is 1.58 bits per heavy atom. The highest BCUT2D eigenvalue weighted by molar-refractivity contribution is 5.46. The van der Waals surface area contributed by atoms with Crippen molar-refractivity contribution in [3.05, 3.63) is 27.9 Å². The van der Waals surface area contributed by atoms with Crippen LogP contribution in [0.25, 0.3) is 0 Å². The molecule has 0 aliphatic heterocycles. The molecule has 6 heteroatoms. The number of hydrogen-bond acceptors (Lipinski definition) is 5. The highest BCUT2D eigenvalue weighted by Crippen LogP contribution is 2.28. The van der Waals surface area contributed by atoms with Crippen molar-refractivity contribution in [3.63, 3.8) is 0 Å². The molecule has 1 aromatic rings. The predicted molar refractivity (Wildman–Crippen MR) is 72.3 cm³/mol. The Kier molecular flexibility index (Phi) is 4.68. The van der Waals surface area contributed by atoms with Gasteiger partial charge in [0.1, 0.15) is 12.0 Å². The number of nitro groups is 1. The fourth-order valence-electron chi connectivity index (χ4n) is 1.76. The van der Waals surface area contributed by atoms with Crippen LogP contribution in [0.3, 0.4) is 0 Å². The summed E-state index contributed by atoms with van der Waals surface area (Å²) < 4.78 is 5.52. The van der Waals surface area contributed by atoms with Gasteiger partial charge in [0.25, 0.3) is 5.69 Å². The van der Waals surface area contributed by atoms with Crippen molar-refractivity contribution in [2.45, 2.75) is 26.2 Å². The highest BCUT2D eigenvalue weighted by atomic mass is 16.6. The van der Waals surface area contributed by atoms with E-state index in [0.717, 1.165) is 32.1 Å². The standard InChI is InChI=1S/C13H19N3O3/c1-10-7-13(15-8-12(10)16(17)18)14-5-2-6-19-9-11-3-4-11/h7-8,11H,2-6,9H2,1H3,(H,14,15). The maximum atomic E-state index is 10.7. The third-order valence-corrected chi connectivity index (χ3v) is 3.10. The summed E-state index contributed by atoms with van der Waals surface area (Å²) in [5.74, 6) is 1.47. The Labute approximate surface area is 112 Å². The van der Waals surface area contributed by atoms with Crippen LogP contribution in [-0.2, 0) is 4.74 Å². The van der Waals surface area contributed by atoms with Crippen LogP contribution < -0.4 is 5.32 Å². The van der Waals surface area contributed by atoms with E-state index in [1.54, 1.807) is 13.0 Å². The van der Waals surface area contributed by atoms with Crippen molar-refractivity contribution in [1.82, 2.24) is 4.98 Å². The Hall–Kier alpha value is -1.69. The lowest BCUT2D eigenvalue weighted by molar-refractivity contribution is -0.385. The number of nitrogens with one attached hydrogen (secondary N) is 1. The molecule has 0 unspecified atom stereocenters. The first-order valence-electron chi connectivity index (χ1n) is 6.59. The molecule has 6 nitrogen and oxygen atoms in total. The van der Waals surface area contributed by atoms with Gasteiger partial charge in [0.2, 0.25) is 0 Å². The van der Waals surface area contributed by atoms with Gasteiger partial charge in [-0.1, -0.05) is 0 Å². The zero-order chi connectivity index (χ0) is 13.7. The molecule has 0 amide bonds. The molecule has 1 aliphatic carbocycles. The Morgan fingerprint density at radius 2 is 2.37 bits per heavy atom. The molecule has 0 bridgehead atoms. The molecule has 1 N–H and O–H groups in total. The second-order valence-electron chi connectivity index (χ2n) is 4.91. The number of aromatic nitrogens is 1. The second-order valence-corrected chi connectivity index (χ2v) is 4.91. The van der Waals surface area contributed by atoms with Crippen LogP contribution in [0.5, 0.6) is 0 Å². The molecule has 1 fully saturated rings. The minimum Gasteiger partial charge on any atom is -0.381 e. The van der Waals surface area contributed by atoms with Gasteiger partial charge >= 0.3 is 0 Å². The summed E-state index contributed by atoms with van der Waals surface area (Å²) in [5, 5.41) is 13.8. The molecule has 104 valence electrons. The van der Waals surface area contributed by atoms with Crippen molar-refractivity contribution in [3.8, 4) is 0 Å². The molecule has 1 heterocycles. The molecule has 0 atom stereocenters. The second kappa shape index (κ2) is 6.47. The Balaban J connectivity index is 1.67. The summed E-state index contributed by atoms with van der Waals surface area (Å²) in [7, 11) is 0. The van der Waals surface area contributed by atoms with Gasteiger partial charge in [-0.15, -0.1) is 0 Å². The van der Waals surface area contributed by atoms with Crippen molar-refractivity contribution >= 4 is 11.5 Å². The summed E-state index contributed by atoms with van der Waals surface area (Å²) in [5.41, 5.74) is 0.672. The Morgan fingerprint density at radius 3 is 3.00 bits per heavy atom. The van der Waals surface area contributed by atoms with Gasteiger partial charge in [-0.2, -0.15) is 0 Å². The van der Waals surface area contributed by atoms with Gasteiger partial charge < -0.3 is 10.1 Å². The quantitative estimate of drug-likeness (QED) is 0.444. The van der Waals surface area contributed by atoms with Gasteiger partial charge in [-0.25, -0.2) is 4.98 Å². The van der Waals surface area contributed by atoms with Crippen molar-refractivity contribution < 1.29 is 9.66 Å². The number of ether oxygens (including phenoxy) is 1. The van der Waals surface area contributed by atoms with Crippen LogP contribution in [0.4, 0.5) is 11.5 Å². The number of nitrogens with zero attached hydrogens (tertiary/aromatic N) is 2. The molecule has 0 aromatic carbocycles. The SMILES string of the molecule is Cc1cc(NCCCOCC2CC2)ncc1[N+](=O)[O-]. The summed E-state index contributed by atoms with van der Waals surface area (Å²) in [6.07, 6.45) is 4.82. The largest absolute Gasteiger partial charge is 0.381 e. The third-order valence-electron chi connectivity index (χ3n) is 3.10. The van der Waals surface area contributed by atoms with E-state index in [0.29, 0.717) is 11.4 Å². The van der Waals surface area contributed by atoms with Crippen LogP contribution in [0, 0.1) is 23.0 Å². The minimum atomic E-state index is -0.419. The van der Waals surface area contributed by atoms with E-state index in [1.165, 1.54) is 19.0 Å². The van der Waals surface area contributed by atoms with Crippen LogP contribution in [0.1, 0.15) is 24.8 Å². The monoisotopic (exact) mass is 265 g/mol. The molecule has 1 aromatic heterocycles. The first kappa shape index (κ1) is 13.7. The van der Waals surface area contributed by atoms with E-state index in [1.807, 2.05) is 0 Å². The highest BCUT2D eigenvalue weighted by Gasteiger charge is 2.20. The molecular weight excluding hydrogens is 246 g/mol. The number of anilines is 1. The normalized spacial score (nSPS) is 14.4. The van der Waals surface area contributed by atoms with Crippen molar-refractivity contribution in [2.75, 3.05) is 25.1 Å². The lowest BCUT2D eigenvalue weighted by atomic mass is 10.2. The molecule has 2 rings (SSSR count). The molecule has 0 spiro atoms. The van der Waals surface area contributed by atoms with Crippen molar-refractivity contribution in [1.29, 1.82) is 0 Å². The fourth-order valence-corrected chi connectivity index (χ4v) is 1.76. The van der Waals surface area contributed by atoms with Gasteiger partial charge in [0.15, 0.2) is 0 Å². The average Bonchev–Trinajstić information content (AvgIpc) is 3.17. The summed E-state index contributed by atoms with van der Waals surface area (Å²) in [6, 6.07) is 1.70. The summed E-state index contributed by atoms with van der Waals surface area (Å²) in [6.45, 7) is 4.10. The smallest absolute Gasteiger partial charge is 0.290 e. The first-order chi connectivity index (χ1) is 9.16. The maximum absolute atomic E-state index is 10.7. The Bertz CT molecular complexity index is 447. The van der Waals surface area contributed by atoms with E-state index >= 15 is 0 Å². The van der Waals surface area contributed by atoms with E-state index in [2.05, 4.69) is 10.3 Å². The lowest BCUT2D eigenvalue weighted by Gasteiger charge is -2.07. The maximum Gasteiger partial charge on any atom is 0.290 e. The van der Waals surface area contributed by atoms with Gasteiger partial charge in [0, 0.05) is 25.3 Å².